The number of hydrogen-bond acceptors (Lipinski definition) is 8. The van der Waals surface area contributed by atoms with Crippen LogP contribution in [0.2, 0.25) is 5.02 Å². The normalized spacial score (nSPS) is 15.4. The third-order valence-electron chi connectivity index (χ3n) is 5.79. The predicted octanol–water partition coefficient (Wildman–Crippen LogP) is 4.83. The Morgan fingerprint density at radius 3 is 2.38 bits per heavy atom. The van der Waals surface area contributed by atoms with Crippen molar-refractivity contribution in [2.24, 2.45) is 10.5 Å². The Hall–Kier alpha value is -3.85. The molecule has 0 bridgehead atoms. The number of carbonyl (C=O) groups excluding carboxylic acids is 3. The highest BCUT2D eigenvalue weighted by molar-refractivity contribution is 6.30. The summed E-state index contributed by atoms with van der Waals surface area (Å²) >= 11 is 6.04. The molecular weight excluding hydrogens is 496 g/mol. The number of hydrogen-bond donors (Lipinski definition) is 0. The largest absolute Gasteiger partial charge is 0.428 e. The van der Waals surface area contributed by atoms with Crippen molar-refractivity contribution in [1.82, 2.24) is 15.0 Å². The molecule has 3 aromatic rings. The maximum absolute atomic E-state index is 13.2. The molecule has 0 N–H and O–H groups in total. The zero-order chi connectivity index (χ0) is 26.6. The summed E-state index contributed by atoms with van der Waals surface area (Å²) in [4.78, 5) is 45.9. The molecule has 1 aliphatic heterocycles. The first kappa shape index (κ1) is 26.2. The number of hydrazone groups is 1. The van der Waals surface area contributed by atoms with Crippen LogP contribution in [0.15, 0.2) is 60.0 Å². The fourth-order valence-corrected chi connectivity index (χ4v) is 3.89. The minimum atomic E-state index is -0.707. The van der Waals surface area contributed by atoms with Gasteiger partial charge in [0.25, 0.3) is 0 Å². The van der Waals surface area contributed by atoms with Gasteiger partial charge in [-0.05, 0) is 56.2 Å². The van der Waals surface area contributed by atoms with E-state index in [2.05, 4.69) is 15.1 Å². The number of amides is 1. The van der Waals surface area contributed by atoms with Gasteiger partial charge in [0.1, 0.15) is 0 Å². The average Bonchev–Trinajstić information content (AvgIpc) is 3.32. The number of fused-ring (bicyclic) bond motifs is 1. The zero-order valence-corrected chi connectivity index (χ0v) is 21.6. The Bertz CT molecular complexity index is 1350. The van der Waals surface area contributed by atoms with Crippen LogP contribution in [0.25, 0.3) is 11.0 Å². The molecule has 2 heterocycles. The van der Waals surface area contributed by atoms with Crippen molar-refractivity contribution in [1.29, 1.82) is 0 Å². The van der Waals surface area contributed by atoms with Gasteiger partial charge in [0.2, 0.25) is 12.7 Å². The fraction of sp³-hybridized carbons (Fsp3) is 0.333. The second-order valence-corrected chi connectivity index (χ2v) is 10.1. The molecule has 0 saturated carbocycles. The molecule has 37 heavy (non-hydrogen) atoms. The van der Waals surface area contributed by atoms with Gasteiger partial charge >= 0.3 is 11.9 Å². The first-order chi connectivity index (χ1) is 17.6. The smallest absolute Gasteiger partial charge is 0.314 e. The van der Waals surface area contributed by atoms with Crippen LogP contribution in [0.5, 0.6) is 0 Å². The number of carbonyl (C=O) groups is 3. The zero-order valence-electron chi connectivity index (χ0n) is 20.8. The molecule has 1 aromatic heterocycles. The summed E-state index contributed by atoms with van der Waals surface area (Å²) in [7, 11) is 0. The van der Waals surface area contributed by atoms with Gasteiger partial charge < -0.3 is 9.47 Å². The van der Waals surface area contributed by atoms with Crippen molar-refractivity contribution in [3.63, 3.8) is 0 Å². The van der Waals surface area contributed by atoms with Gasteiger partial charge in [0.15, 0.2) is 0 Å². The van der Waals surface area contributed by atoms with Gasteiger partial charge in [-0.1, -0.05) is 29.8 Å². The van der Waals surface area contributed by atoms with Crippen molar-refractivity contribution in [3.05, 3.63) is 71.0 Å². The van der Waals surface area contributed by atoms with Crippen molar-refractivity contribution < 1.29 is 23.9 Å². The van der Waals surface area contributed by atoms with Crippen LogP contribution in [0.1, 0.15) is 57.2 Å². The van der Waals surface area contributed by atoms with Gasteiger partial charge in [-0.2, -0.15) is 5.10 Å². The van der Waals surface area contributed by atoms with Crippen LogP contribution in [0.4, 0.5) is 0 Å². The lowest BCUT2D eigenvalue weighted by atomic mass is 9.98. The van der Waals surface area contributed by atoms with Crippen LogP contribution in [-0.4, -0.2) is 45.3 Å². The summed E-state index contributed by atoms with van der Waals surface area (Å²) in [5.74, 6) is -1.47. The van der Waals surface area contributed by atoms with E-state index in [9.17, 15) is 14.4 Å². The highest BCUT2D eigenvalue weighted by Gasteiger charge is 2.33. The summed E-state index contributed by atoms with van der Waals surface area (Å²) in [6, 6.07) is 12.5. The predicted molar refractivity (Wildman–Crippen MR) is 137 cm³/mol. The van der Waals surface area contributed by atoms with Gasteiger partial charge in [0, 0.05) is 30.3 Å². The number of halogens is 1. The van der Waals surface area contributed by atoms with Gasteiger partial charge in [-0.15, -0.1) is 0 Å². The van der Waals surface area contributed by atoms with Crippen molar-refractivity contribution in [2.45, 2.75) is 46.1 Å². The number of esters is 2. The standard InChI is InChI=1S/C27H27ClN4O5/c1-27(2,3)26(35)37-16-36-25(34)11-10-24(33)32-23(15-21(31-32)17-4-7-19(28)8-5-17)18-6-9-20-22(14-18)30-13-12-29-20/h4-9,12-14,23H,10-11,15-16H2,1-3H3. The van der Waals surface area contributed by atoms with E-state index in [4.69, 9.17) is 21.1 Å². The highest BCUT2D eigenvalue weighted by atomic mass is 35.5. The van der Waals surface area contributed by atoms with Gasteiger partial charge in [-0.3, -0.25) is 24.4 Å². The molecule has 9 nitrogen and oxygen atoms in total. The molecule has 0 aliphatic carbocycles. The number of nitrogens with zero attached hydrogens (tertiary/aromatic N) is 4. The fourth-order valence-electron chi connectivity index (χ4n) is 3.77. The SMILES string of the molecule is CC(C)(C)C(=O)OCOC(=O)CCC(=O)N1N=C(c2ccc(Cl)cc2)CC1c1ccc2nccnc2c1. The first-order valence-electron chi connectivity index (χ1n) is 11.8. The molecule has 0 radical (unpaired) electrons. The lowest BCUT2D eigenvalue weighted by Gasteiger charge is -2.22. The van der Waals surface area contributed by atoms with E-state index >= 15 is 0 Å². The molecule has 1 aliphatic rings. The molecule has 2 aromatic carbocycles. The monoisotopic (exact) mass is 522 g/mol. The summed E-state index contributed by atoms with van der Waals surface area (Å²) < 4.78 is 9.91. The number of aromatic nitrogens is 2. The number of rotatable bonds is 7. The minimum absolute atomic E-state index is 0.118. The van der Waals surface area contributed by atoms with E-state index in [0.29, 0.717) is 17.0 Å². The van der Waals surface area contributed by atoms with Crippen molar-refractivity contribution in [2.75, 3.05) is 6.79 Å². The van der Waals surface area contributed by atoms with Crippen LogP contribution in [0, 0.1) is 5.41 Å². The third kappa shape index (κ3) is 6.48. The second-order valence-electron chi connectivity index (χ2n) is 9.63. The molecule has 0 saturated heterocycles. The summed E-state index contributed by atoms with van der Waals surface area (Å²) in [6.45, 7) is 4.60. The van der Waals surface area contributed by atoms with Crippen molar-refractivity contribution >= 4 is 46.2 Å². The van der Waals surface area contributed by atoms with Crippen molar-refractivity contribution in [3.8, 4) is 0 Å². The average molecular weight is 523 g/mol. The molecule has 192 valence electrons. The number of ether oxygens (including phenoxy) is 2. The minimum Gasteiger partial charge on any atom is -0.428 e. The Labute approximate surface area is 219 Å². The van der Waals surface area contributed by atoms with E-state index in [1.807, 2.05) is 30.3 Å². The molecule has 1 atom stereocenters. The summed E-state index contributed by atoms with van der Waals surface area (Å²) in [5, 5.41) is 6.63. The quantitative estimate of drug-likeness (QED) is 0.322. The van der Waals surface area contributed by atoms with E-state index in [-0.39, 0.29) is 24.8 Å². The Morgan fingerprint density at radius 1 is 0.973 bits per heavy atom. The van der Waals surface area contributed by atoms with Crippen LogP contribution in [0.3, 0.4) is 0 Å². The maximum Gasteiger partial charge on any atom is 0.314 e. The molecule has 0 fully saturated rings. The first-order valence-corrected chi connectivity index (χ1v) is 12.2. The van der Waals surface area contributed by atoms with E-state index in [1.165, 1.54) is 5.01 Å². The van der Waals surface area contributed by atoms with Crippen LogP contribution < -0.4 is 0 Å². The molecule has 1 amide bonds. The highest BCUT2D eigenvalue weighted by Crippen LogP contribution is 2.34. The lowest BCUT2D eigenvalue weighted by molar-refractivity contribution is -0.173. The van der Waals surface area contributed by atoms with E-state index in [1.54, 1.807) is 45.3 Å². The van der Waals surface area contributed by atoms with E-state index in [0.717, 1.165) is 22.4 Å². The molecule has 0 spiro atoms. The summed E-state index contributed by atoms with van der Waals surface area (Å²) in [6.07, 6.45) is 3.42. The van der Waals surface area contributed by atoms with Gasteiger partial charge in [-0.25, -0.2) is 5.01 Å². The Balaban J connectivity index is 1.47. The maximum atomic E-state index is 13.2. The number of benzene rings is 2. The lowest BCUT2D eigenvalue weighted by Crippen LogP contribution is -2.28. The summed E-state index contributed by atoms with van der Waals surface area (Å²) in [5.41, 5.74) is 3.18. The molecule has 10 heteroatoms. The van der Waals surface area contributed by atoms with Crippen LogP contribution in [-0.2, 0) is 23.9 Å². The second kappa shape index (κ2) is 11.0. The molecule has 1 unspecified atom stereocenters. The van der Waals surface area contributed by atoms with E-state index < -0.39 is 24.1 Å². The Morgan fingerprint density at radius 2 is 1.68 bits per heavy atom. The van der Waals surface area contributed by atoms with Gasteiger partial charge in [0.05, 0.1) is 34.6 Å². The molecular formula is C27H27ClN4O5. The third-order valence-corrected chi connectivity index (χ3v) is 6.04. The molecule has 4 rings (SSSR count). The van der Waals surface area contributed by atoms with Crippen LogP contribution >= 0.6 is 11.6 Å². The Kier molecular flexibility index (Phi) is 7.83. The topological polar surface area (TPSA) is 111 Å².